The molecule has 2 amide bonds. The Morgan fingerprint density at radius 2 is 1.52 bits per heavy atom. The Hall–Kier alpha value is -3.65. The molecule has 148 valence electrons. The van der Waals surface area contributed by atoms with Crippen molar-refractivity contribution < 1.29 is 23.9 Å². The van der Waals surface area contributed by atoms with E-state index in [0.29, 0.717) is 21.8 Å². The number of carbonyl (C=O) groups is 3. The lowest BCUT2D eigenvalue weighted by Gasteiger charge is -2.12. The van der Waals surface area contributed by atoms with Crippen molar-refractivity contribution in [1.82, 2.24) is 0 Å². The zero-order valence-electron chi connectivity index (χ0n) is 15.5. The lowest BCUT2D eigenvalue weighted by atomic mass is 10.2. The number of nitrogens with one attached hydrogen (secondary N) is 2. The van der Waals surface area contributed by atoms with Crippen molar-refractivity contribution in [3.8, 4) is 5.75 Å². The highest BCUT2D eigenvalue weighted by molar-refractivity contribution is 7.12. The van der Waals surface area contributed by atoms with Crippen LogP contribution in [0.25, 0.3) is 0 Å². The van der Waals surface area contributed by atoms with Crippen LogP contribution in [0.3, 0.4) is 0 Å². The van der Waals surface area contributed by atoms with Crippen LogP contribution < -0.4 is 15.4 Å². The van der Waals surface area contributed by atoms with Crippen molar-refractivity contribution in [2.75, 3.05) is 17.2 Å². The van der Waals surface area contributed by atoms with Gasteiger partial charge in [0, 0.05) is 5.56 Å². The van der Waals surface area contributed by atoms with Crippen LogP contribution in [0.5, 0.6) is 5.75 Å². The number of thiophene rings is 1. The Morgan fingerprint density at radius 1 is 0.862 bits per heavy atom. The topological polar surface area (TPSA) is 93.7 Å². The normalized spacial score (nSPS) is 10.1. The van der Waals surface area contributed by atoms with E-state index in [4.69, 9.17) is 9.47 Å². The van der Waals surface area contributed by atoms with Crippen LogP contribution in [0.4, 0.5) is 16.2 Å². The van der Waals surface area contributed by atoms with Gasteiger partial charge in [-0.1, -0.05) is 18.2 Å². The molecule has 8 heteroatoms. The quantitative estimate of drug-likeness (QED) is 0.450. The van der Waals surface area contributed by atoms with E-state index in [1.54, 1.807) is 43.3 Å². The van der Waals surface area contributed by atoms with Crippen LogP contribution >= 0.6 is 11.3 Å². The fourth-order valence-electron chi connectivity index (χ4n) is 2.41. The largest absolute Gasteiger partial charge is 0.513 e. The molecule has 0 fully saturated rings. The van der Waals surface area contributed by atoms with Crippen LogP contribution in [0.1, 0.15) is 27.0 Å². The number of hydrogen-bond acceptors (Lipinski definition) is 6. The number of para-hydroxylation sites is 2. The predicted molar refractivity (Wildman–Crippen MR) is 111 cm³/mol. The first kappa shape index (κ1) is 20.1. The average molecular weight is 410 g/mol. The summed E-state index contributed by atoms with van der Waals surface area (Å²) in [7, 11) is 0. The minimum Gasteiger partial charge on any atom is -0.434 e. The molecule has 2 N–H and O–H groups in total. The maximum Gasteiger partial charge on any atom is 0.513 e. The zero-order valence-corrected chi connectivity index (χ0v) is 16.3. The highest BCUT2D eigenvalue weighted by atomic mass is 32.1. The second-order valence-electron chi connectivity index (χ2n) is 5.74. The zero-order chi connectivity index (χ0) is 20.6. The minimum absolute atomic E-state index is 0.210. The van der Waals surface area contributed by atoms with Gasteiger partial charge in [0.05, 0.1) is 22.9 Å². The molecule has 0 bridgehead atoms. The molecule has 0 saturated carbocycles. The fourth-order valence-corrected chi connectivity index (χ4v) is 3.02. The molecule has 0 aliphatic heterocycles. The van der Waals surface area contributed by atoms with Crippen LogP contribution in [0, 0.1) is 0 Å². The molecule has 29 heavy (non-hydrogen) atoms. The molecule has 0 spiro atoms. The van der Waals surface area contributed by atoms with Gasteiger partial charge < -0.3 is 20.1 Å². The smallest absolute Gasteiger partial charge is 0.434 e. The van der Waals surface area contributed by atoms with Gasteiger partial charge >= 0.3 is 6.16 Å². The summed E-state index contributed by atoms with van der Waals surface area (Å²) in [6.45, 7) is 1.89. The van der Waals surface area contributed by atoms with Crippen molar-refractivity contribution in [3.63, 3.8) is 0 Å². The summed E-state index contributed by atoms with van der Waals surface area (Å²) in [5.41, 5.74) is 1.32. The van der Waals surface area contributed by atoms with E-state index in [9.17, 15) is 14.4 Å². The standard InChI is InChI=1S/C21H18N2O5S/c1-2-27-21(26)28-15-11-9-14(10-12-15)19(24)22-16-6-3-4-7-17(16)23-20(25)18-8-5-13-29-18/h3-13H,2H2,1H3,(H,22,24)(H,23,25). The molecular formula is C21H18N2O5S. The van der Waals surface area contributed by atoms with E-state index in [1.165, 1.54) is 35.6 Å². The van der Waals surface area contributed by atoms with Gasteiger partial charge in [-0.15, -0.1) is 11.3 Å². The van der Waals surface area contributed by atoms with Gasteiger partial charge in [-0.2, -0.15) is 0 Å². The third kappa shape index (κ3) is 5.43. The van der Waals surface area contributed by atoms with Crippen LogP contribution in [-0.4, -0.2) is 24.6 Å². The number of benzene rings is 2. The van der Waals surface area contributed by atoms with Crippen LogP contribution in [0.15, 0.2) is 66.0 Å². The molecule has 0 aliphatic rings. The maximum atomic E-state index is 12.6. The molecular weight excluding hydrogens is 392 g/mol. The second-order valence-corrected chi connectivity index (χ2v) is 6.69. The van der Waals surface area contributed by atoms with Crippen LogP contribution in [-0.2, 0) is 4.74 Å². The van der Waals surface area contributed by atoms with E-state index in [1.807, 2.05) is 5.38 Å². The molecule has 3 aromatic rings. The maximum absolute atomic E-state index is 12.6. The highest BCUT2D eigenvalue weighted by Crippen LogP contribution is 2.23. The van der Waals surface area contributed by atoms with Gasteiger partial charge in [-0.3, -0.25) is 9.59 Å². The molecule has 3 rings (SSSR count). The Bertz CT molecular complexity index is 1000. The summed E-state index contributed by atoms with van der Waals surface area (Å²) in [6, 6.07) is 16.5. The monoisotopic (exact) mass is 410 g/mol. The van der Waals surface area contributed by atoms with Gasteiger partial charge in [0.15, 0.2) is 0 Å². The van der Waals surface area contributed by atoms with E-state index >= 15 is 0 Å². The lowest BCUT2D eigenvalue weighted by molar-refractivity contribution is 0.101. The Labute approximate surface area is 171 Å². The van der Waals surface area contributed by atoms with Crippen molar-refractivity contribution in [3.05, 3.63) is 76.5 Å². The minimum atomic E-state index is -0.805. The first-order valence-electron chi connectivity index (χ1n) is 8.76. The SMILES string of the molecule is CCOC(=O)Oc1ccc(C(=O)Nc2ccccc2NC(=O)c2cccs2)cc1. The Morgan fingerprint density at radius 3 is 2.10 bits per heavy atom. The van der Waals surface area contributed by atoms with Crippen LogP contribution in [0.2, 0.25) is 0 Å². The molecule has 0 radical (unpaired) electrons. The molecule has 0 atom stereocenters. The van der Waals surface area contributed by atoms with E-state index in [2.05, 4.69) is 10.6 Å². The number of carbonyl (C=O) groups excluding carboxylic acids is 3. The second kappa shape index (κ2) is 9.52. The molecule has 2 aromatic carbocycles. The number of hydrogen-bond donors (Lipinski definition) is 2. The highest BCUT2D eigenvalue weighted by Gasteiger charge is 2.13. The van der Waals surface area contributed by atoms with Gasteiger partial charge in [0.25, 0.3) is 11.8 Å². The summed E-state index contributed by atoms with van der Waals surface area (Å²) in [4.78, 5) is 36.8. The first-order chi connectivity index (χ1) is 14.1. The molecule has 0 saturated heterocycles. The fraction of sp³-hybridized carbons (Fsp3) is 0.0952. The average Bonchev–Trinajstić information content (AvgIpc) is 3.25. The summed E-state index contributed by atoms with van der Waals surface area (Å²) in [5, 5.41) is 7.39. The third-order valence-electron chi connectivity index (χ3n) is 3.75. The van der Waals surface area contributed by atoms with E-state index < -0.39 is 6.16 Å². The predicted octanol–water partition coefficient (Wildman–Crippen LogP) is 4.79. The lowest BCUT2D eigenvalue weighted by Crippen LogP contribution is -2.16. The van der Waals surface area contributed by atoms with Crippen molar-refractivity contribution in [1.29, 1.82) is 0 Å². The van der Waals surface area contributed by atoms with Gasteiger partial charge in [-0.05, 0) is 54.8 Å². The summed E-state index contributed by atoms with van der Waals surface area (Å²) >= 11 is 1.33. The summed E-state index contributed by atoms with van der Waals surface area (Å²) in [6.07, 6.45) is -0.805. The van der Waals surface area contributed by atoms with E-state index in [-0.39, 0.29) is 24.2 Å². The first-order valence-corrected chi connectivity index (χ1v) is 9.64. The molecule has 1 aromatic heterocycles. The van der Waals surface area contributed by atoms with Gasteiger partial charge in [0.1, 0.15) is 5.75 Å². The van der Waals surface area contributed by atoms with Gasteiger partial charge in [-0.25, -0.2) is 4.79 Å². The Balaban J connectivity index is 1.68. The third-order valence-corrected chi connectivity index (χ3v) is 4.62. The number of rotatable bonds is 6. The van der Waals surface area contributed by atoms with Gasteiger partial charge in [0.2, 0.25) is 0 Å². The number of amides is 2. The molecule has 0 unspecified atom stereocenters. The number of anilines is 2. The van der Waals surface area contributed by atoms with Crippen molar-refractivity contribution in [2.45, 2.75) is 6.92 Å². The molecule has 1 heterocycles. The summed E-state index contributed by atoms with van der Waals surface area (Å²) in [5.74, 6) is -0.351. The Kier molecular flexibility index (Phi) is 6.59. The van der Waals surface area contributed by atoms with Crippen molar-refractivity contribution >= 4 is 40.7 Å². The van der Waals surface area contributed by atoms with Crippen molar-refractivity contribution in [2.24, 2.45) is 0 Å². The summed E-state index contributed by atoms with van der Waals surface area (Å²) < 4.78 is 9.67. The molecule has 0 aliphatic carbocycles. The number of ether oxygens (including phenoxy) is 2. The van der Waals surface area contributed by atoms with E-state index in [0.717, 1.165) is 0 Å². The molecule has 7 nitrogen and oxygen atoms in total.